The lowest BCUT2D eigenvalue weighted by molar-refractivity contribution is -0.388. The van der Waals surface area contributed by atoms with Gasteiger partial charge in [0.15, 0.2) is 0 Å². The molecule has 0 bridgehead atoms. The summed E-state index contributed by atoms with van der Waals surface area (Å²) in [6.07, 6.45) is -3.69. The molecule has 2 fully saturated rings. The maximum absolute atomic E-state index is 13.3. The van der Waals surface area contributed by atoms with Gasteiger partial charge in [0.2, 0.25) is 15.9 Å². The molecule has 2 aromatic carbocycles. The quantitative estimate of drug-likeness (QED) is 0.264. The minimum absolute atomic E-state index is 0.0820. The standard InChI is InChI=1S/C28H32F3N5O6S2/c1-18-2-9-25-23(14-18)32-26(43-25)16-34-10-12-35(13-11-34)27(37)17-42-20-5-3-19(4-6-20)33-44(40,41)21-7-8-24(36(38)39)22(15-21)28(29,30)31/h2,7-9,14-15,19-20,33H,3-6,10-13,16-17H2,1H3. The highest BCUT2D eigenvalue weighted by Gasteiger charge is 2.40. The number of amides is 1. The van der Waals surface area contributed by atoms with E-state index in [2.05, 4.69) is 27.8 Å². The monoisotopic (exact) mass is 655 g/mol. The molecule has 1 saturated heterocycles. The van der Waals surface area contributed by atoms with E-state index in [9.17, 15) is 36.5 Å². The summed E-state index contributed by atoms with van der Waals surface area (Å²) < 4.78 is 74.9. The first kappa shape index (κ1) is 32.2. The molecule has 44 heavy (non-hydrogen) atoms. The van der Waals surface area contributed by atoms with E-state index < -0.39 is 43.3 Å². The van der Waals surface area contributed by atoms with E-state index in [-0.39, 0.29) is 24.7 Å². The van der Waals surface area contributed by atoms with E-state index in [1.54, 1.807) is 16.2 Å². The molecule has 1 amide bonds. The normalized spacial score (nSPS) is 20.2. The van der Waals surface area contributed by atoms with Gasteiger partial charge in [-0.1, -0.05) is 6.07 Å². The Hall–Kier alpha value is -3.18. The summed E-state index contributed by atoms with van der Waals surface area (Å²) in [5.74, 6) is -0.110. The Morgan fingerprint density at radius 2 is 1.82 bits per heavy atom. The number of aromatic nitrogens is 1. The van der Waals surface area contributed by atoms with Crippen LogP contribution in [0.15, 0.2) is 41.3 Å². The van der Waals surface area contributed by atoms with Crippen LogP contribution in [0.3, 0.4) is 0 Å². The van der Waals surface area contributed by atoms with E-state index in [1.807, 2.05) is 6.92 Å². The lowest BCUT2D eigenvalue weighted by Gasteiger charge is -2.35. The maximum Gasteiger partial charge on any atom is 0.423 e. The summed E-state index contributed by atoms with van der Waals surface area (Å²) in [6, 6.07) is 7.31. The van der Waals surface area contributed by atoms with Gasteiger partial charge >= 0.3 is 6.18 Å². The van der Waals surface area contributed by atoms with Crippen molar-refractivity contribution in [1.29, 1.82) is 0 Å². The minimum Gasteiger partial charge on any atom is -0.368 e. The summed E-state index contributed by atoms with van der Waals surface area (Å²) >= 11 is 1.68. The molecule has 5 rings (SSSR count). The number of nitro benzene ring substituents is 1. The SMILES string of the molecule is Cc1ccc2sc(CN3CCN(C(=O)COC4CCC(NS(=O)(=O)c5ccc([N+](=O)[O-])c(C(F)(F)F)c5)CC4)CC3)nc2c1. The van der Waals surface area contributed by atoms with Gasteiger partial charge in [-0.3, -0.25) is 19.8 Å². The number of hydrogen-bond acceptors (Lipinski definition) is 9. The molecular weight excluding hydrogens is 623 g/mol. The highest BCUT2D eigenvalue weighted by atomic mass is 32.2. The van der Waals surface area contributed by atoms with Crippen LogP contribution in [-0.2, 0) is 32.3 Å². The third-order valence-electron chi connectivity index (χ3n) is 7.89. The highest BCUT2D eigenvalue weighted by Crippen LogP contribution is 2.37. The van der Waals surface area contributed by atoms with E-state index >= 15 is 0 Å². The van der Waals surface area contributed by atoms with Crippen molar-refractivity contribution >= 4 is 43.2 Å². The van der Waals surface area contributed by atoms with E-state index in [0.717, 1.165) is 40.9 Å². The van der Waals surface area contributed by atoms with Gasteiger partial charge < -0.3 is 9.64 Å². The number of carbonyl (C=O) groups excluding carboxylic acids is 1. The summed E-state index contributed by atoms with van der Waals surface area (Å²) in [6.45, 7) is 5.31. The molecule has 0 atom stereocenters. The van der Waals surface area contributed by atoms with Gasteiger partial charge in [0.1, 0.15) is 17.2 Å². The molecule has 2 heterocycles. The zero-order chi connectivity index (χ0) is 31.6. The second-order valence-electron chi connectivity index (χ2n) is 11.1. The molecule has 1 aliphatic heterocycles. The second kappa shape index (κ2) is 13.0. The number of nitrogens with one attached hydrogen (secondary N) is 1. The first-order valence-corrected chi connectivity index (χ1v) is 16.4. The zero-order valence-corrected chi connectivity index (χ0v) is 25.5. The van der Waals surface area contributed by atoms with Gasteiger partial charge in [-0.15, -0.1) is 11.3 Å². The van der Waals surface area contributed by atoms with Crippen molar-refractivity contribution in [1.82, 2.24) is 19.5 Å². The number of piperazine rings is 1. The average molecular weight is 656 g/mol. The number of ether oxygens (including phenoxy) is 1. The van der Waals surface area contributed by atoms with Crippen molar-refractivity contribution < 1.29 is 36.0 Å². The smallest absolute Gasteiger partial charge is 0.368 e. The number of fused-ring (bicyclic) bond motifs is 1. The lowest BCUT2D eigenvalue weighted by atomic mass is 9.94. The largest absolute Gasteiger partial charge is 0.423 e. The molecule has 1 aliphatic carbocycles. The van der Waals surface area contributed by atoms with Crippen molar-refractivity contribution in [3.63, 3.8) is 0 Å². The average Bonchev–Trinajstić information content (AvgIpc) is 3.37. The molecule has 0 radical (unpaired) electrons. The molecule has 1 aromatic heterocycles. The van der Waals surface area contributed by atoms with Gasteiger partial charge in [0, 0.05) is 38.3 Å². The molecule has 1 N–H and O–H groups in total. The fourth-order valence-electron chi connectivity index (χ4n) is 5.48. The Kier molecular flexibility index (Phi) is 9.55. The molecule has 0 spiro atoms. The lowest BCUT2D eigenvalue weighted by Crippen LogP contribution is -2.49. The third kappa shape index (κ3) is 7.72. The molecule has 16 heteroatoms. The predicted octanol–water partition coefficient (Wildman–Crippen LogP) is 4.48. The number of alkyl halides is 3. The molecular formula is C28H32F3N5O6S2. The van der Waals surface area contributed by atoms with Crippen molar-refractivity contribution in [2.24, 2.45) is 0 Å². The molecule has 1 saturated carbocycles. The molecule has 2 aliphatic rings. The fourth-order valence-corrected chi connectivity index (χ4v) is 7.80. The van der Waals surface area contributed by atoms with Crippen LogP contribution in [0, 0.1) is 17.0 Å². The Morgan fingerprint density at radius 3 is 2.48 bits per heavy atom. The van der Waals surface area contributed by atoms with Crippen LogP contribution in [0.2, 0.25) is 0 Å². The number of nitrogens with zero attached hydrogens (tertiary/aromatic N) is 4. The molecule has 238 valence electrons. The number of carbonyl (C=O) groups is 1. The number of aryl methyl sites for hydroxylation is 1. The summed E-state index contributed by atoms with van der Waals surface area (Å²) in [7, 11) is -4.36. The minimum atomic E-state index is -5.09. The van der Waals surface area contributed by atoms with Crippen LogP contribution >= 0.6 is 11.3 Å². The Balaban J connectivity index is 1.05. The number of halogens is 3. The van der Waals surface area contributed by atoms with Crippen LogP contribution in [0.25, 0.3) is 10.2 Å². The van der Waals surface area contributed by atoms with Gasteiger partial charge in [-0.05, 0) is 62.4 Å². The summed E-state index contributed by atoms with van der Waals surface area (Å²) in [4.78, 5) is 30.6. The number of thiazole rings is 1. The summed E-state index contributed by atoms with van der Waals surface area (Å²) in [5.41, 5.74) is -0.666. The molecule has 11 nitrogen and oxygen atoms in total. The molecule has 3 aromatic rings. The number of rotatable bonds is 9. The third-order valence-corrected chi connectivity index (χ3v) is 10.4. The molecule has 0 unspecified atom stereocenters. The number of hydrogen-bond donors (Lipinski definition) is 1. The zero-order valence-electron chi connectivity index (χ0n) is 23.9. The first-order valence-electron chi connectivity index (χ1n) is 14.1. The topological polar surface area (TPSA) is 135 Å². The van der Waals surface area contributed by atoms with Gasteiger partial charge in [-0.25, -0.2) is 18.1 Å². The van der Waals surface area contributed by atoms with Gasteiger partial charge in [-0.2, -0.15) is 13.2 Å². The van der Waals surface area contributed by atoms with Crippen LogP contribution in [0.5, 0.6) is 0 Å². The van der Waals surface area contributed by atoms with E-state index in [0.29, 0.717) is 44.8 Å². The number of nitro groups is 1. The van der Waals surface area contributed by atoms with E-state index in [1.165, 1.54) is 5.56 Å². The van der Waals surface area contributed by atoms with Crippen LogP contribution in [0.4, 0.5) is 18.9 Å². The van der Waals surface area contributed by atoms with Crippen molar-refractivity contribution in [3.05, 3.63) is 62.6 Å². The van der Waals surface area contributed by atoms with Crippen LogP contribution < -0.4 is 4.72 Å². The number of benzene rings is 2. The van der Waals surface area contributed by atoms with Crippen molar-refractivity contribution in [2.45, 2.75) is 62.4 Å². The van der Waals surface area contributed by atoms with Crippen LogP contribution in [-0.4, -0.2) is 79.0 Å². The van der Waals surface area contributed by atoms with E-state index in [4.69, 9.17) is 9.72 Å². The predicted molar refractivity (Wildman–Crippen MR) is 157 cm³/mol. The van der Waals surface area contributed by atoms with Crippen LogP contribution in [0.1, 0.15) is 41.8 Å². The number of sulfonamides is 1. The van der Waals surface area contributed by atoms with Gasteiger partial charge in [0.25, 0.3) is 5.69 Å². The first-order chi connectivity index (χ1) is 20.8. The Bertz CT molecular complexity index is 1630. The second-order valence-corrected chi connectivity index (χ2v) is 13.9. The Morgan fingerprint density at radius 1 is 1.11 bits per heavy atom. The summed E-state index contributed by atoms with van der Waals surface area (Å²) in [5, 5.41) is 12.0. The fraction of sp³-hybridized carbons (Fsp3) is 0.500. The van der Waals surface area contributed by atoms with Crippen molar-refractivity contribution in [2.75, 3.05) is 32.8 Å². The van der Waals surface area contributed by atoms with Crippen molar-refractivity contribution in [3.8, 4) is 0 Å². The highest BCUT2D eigenvalue weighted by molar-refractivity contribution is 7.89. The Labute approximate surface area is 256 Å². The maximum atomic E-state index is 13.3. The van der Waals surface area contributed by atoms with Gasteiger partial charge in [0.05, 0.1) is 32.7 Å².